The molecule has 0 saturated carbocycles. The maximum Gasteiger partial charge on any atom is 0.326 e. The highest BCUT2D eigenvalue weighted by Gasteiger charge is 2.22. The minimum absolute atomic E-state index is 0.0593. The van der Waals surface area contributed by atoms with Gasteiger partial charge in [-0.3, -0.25) is 9.59 Å². The smallest absolute Gasteiger partial charge is 0.326 e. The summed E-state index contributed by atoms with van der Waals surface area (Å²) in [7, 11) is 0. The average molecular weight is 333 g/mol. The molecule has 0 heterocycles. The number of aliphatic carboxylic acids is 1. The second-order valence-electron chi connectivity index (χ2n) is 3.66. The van der Waals surface area contributed by atoms with Crippen molar-refractivity contribution in [3.05, 3.63) is 34.1 Å². The van der Waals surface area contributed by atoms with Crippen LogP contribution in [0.2, 0.25) is 0 Å². The topological polar surface area (TPSA) is 109 Å². The molecule has 102 valence electrons. The molecule has 1 atom stereocenters. The van der Waals surface area contributed by atoms with Gasteiger partial charge < -0.3 is 16.2 Å². The normalized spacial score (nSPS) is 11.7. The van der Waals surface area contributed by atoms with Crippen molar-refractivity contribution >= 4 is 33.7 Å². The fourth-order valence-corrected chi connectivity index (χ4v) is 1.66. The summed E-state index contributed by atoms with van der Waals surface area (Å²) in [6.45, 7) is 0. The molecule has 0 spiro atoms. The van der Waals surface area contributed by atoms with E-state index in [9.17, 15) is 18.8 Å². The number of nitrogens with two attached hydrogens (primary N) is 1. The molecule has 1 aromatic carbocycles. The van der Waals surface area contributed by atoms with Crippen molar-refractivity contribution in [2.75, 3.05) is 0 Å². The van der Waals surface area contributed by atoms with Gasteiger partial charge in [0.1, 0.15) is 11.9 Å². The first-order valence-electron chi connectivity index (χ1n) is 5.08. The molecule has 1 aromatic rings. The second-order valence-corrected chi connectivity index (χ2v) is 4.52. The Hall–Kier alpha value is -1.96. The molecule has 4 N–H and O–H groups in total. The van der Waals surface area contributed by atoms with Crippen molar-refractivity contribution < 1.29 is 23.9 Å². The molecule has 19 heavy (non-hydrogen) atoms. The maximum absolute atomic E-state index is 13.0. The molecule has 1 rings (SSSR count). The Morgan fingerprint density at radius 2 is 2.05 bits per heavy atom. The van der Waals surface area contributed by atoms with Gasteiger partial charge in [0.2, 0.25) is 5.91 Å². The summed E-state index contributed by atoms with van der Waals surface area (Å²) in [6, 6.07) is 2.03. The van der Waals surface area contributed by atoms with Gasteiger partial charge in [-0.25, -0.2) is 9.18 Å². The third-order valence-corrected chi connectivity index (χ3v) is 2.80. The van der Waals surface area contributed by atoms with Gasteiger partial charge in [0.05, 0.1) is 10.9 Å². The molecule has 2 amide bonds. The van der Waals surface area contributed by atoms with Crippen LogP contribution in [0.5, 0.6) is 0 Å². The average Bonchev–Trinajstić information content (AvgIpc) is 2.31. The number of carbonyl (C=O) groups excluding carboxylic acids is 2. The van der Waals surface area contributed by atoms with Crippen molar-refractivity contribution in [1.29, 1.82) is 0 Å². The lowest BCUT2D eigenvalue weighted by Crippen LogP contribution is -2.43. The molecular formula is C11H10BrFN2O4. The van der Waals surface area contributed by atoms with E-state index < -0.39 is 36.1 Å². The van der Waals surface area contributed by atoms with Crippen LogP contribution < -0.4 is 11.1 Å². The number of nitrogens with one attached hydrogen (secondary N) is 1. The Morgan fingerprint density at radius 1 is 1.42 bits per heavy atom. The zero-order valence-electron chi connectivity index (χ0n) is 9.52. The second kappa shape index (κ2) is 6.28. The highest BCUT2D eigenvalue weighted by molar-refractivity contribution is 9.10. The largest absolute Gasteiger partial charge is 0.480 e. The number of carboxylic acids is 1. The monoisotopic (exact) mass is 332 g/mol. The van der Waals surface area contributed by atoms with Crippen LogP contribution in [0.3, 0.4) is 0 Å². The summed E-state index contributed by atoms with van der Waals surface area (Å²) in [5, 5.41) is 11.0. The fraction of sp³-hybridized carbons (Fsp3) is 0.182. The standard InChI is InChI=1S/C11H10BrFN2O4/c12-6-3-5(1-2-7(6)13)10(17)15-8(11(18)19)4-9(14)16/h1-3,8H,4H2,(H2,14,16)(H,15,17)(H,18,19)/t8-/m1/s1. The van der Waals surface area contributed by atoms with E-state index in [1.807, 2.05) is 0 Å². The van der Waals surface area contributed by atoms with Crippen molar-refractivity contribution in [2.45, 2.75) is 12.5 Å². The minimum Gasteiger partial charge on any atom is -0.480 e. The number of hydrogen-bond donors (Lipinski definition) is 3. The fourth-order valence-electron chi connectivity index (χ4n) is 1.28. The Balaban J connectivity index is 2.84. The van der Waals surface area contributed by atoms with Crippen molar-refractivity contribution in [3.63, 3.8) is 0 Å². The first-order chi connectivity index (χ1) is 8.81. The number of rotatable bonds is 5. The molecule has 0 radical (unpaired) electrons. The number of amides is 2. The summed E-state index contributed by atoms with van der Waals surface area (Å²) >= 11 is 2.90. The minimum atomic E-state index is -1.42. The van der Waals surface area contributed by atoms with Gasteiger partial charge in [0, 0.05) is 5.56 Å². The zero-order valence-corrected chi connectivity index (χ0v) is 11.1. The predicted molar refractivity (Wildman–Crippen MR) is 66.8 cm³/mol. The Morgan fingerprint density at radius 3 is 2.53 bits per heavy atom. The Kier molecular flexibility index (Phi) is 4.99. The van der Waals surface area contributed by atoms with Crippen LogP contribution in [-0.2, 0) is 9.59 Å². The molecule has 0 fully saturated rings. The highest BCUT2D eigenvalue weighted by atomic mass is 79.9. The summed E-state index contributed by atoms with van der Waals surface area (Å²) in [6.07, 6.45) is -0.524. The highest BCUT2D eigenvalue weighted by Crippen LogP contribution is 2.16. The van der Waals surface area contributed by atoms with E-state index in [4.69, 9.17) is 10.8 Å². The lowest BCUT2D eigenvalue weighted by Gasteiger charge is -2.12. The molecule has 0 bridgehead atoms. The van der Waals surface area contributed by atoms with Crippen molar-refractivity contribution in [3.8, 4) is 0 Å². The lowest BCUT2D eigenvalue weighted by atomic mass is 10.1. The summed E-state index contributed by atoms with van der Waals surface area (Å²) < 4.78 is 13.1. The van der Waals surface area contributed by atoms with Crippen LogP contribution in [-0.4, -0.2) is 28.9 Å². The van der Waals surface area contributed by atoms with Crippen LogP contribution in [0.1, 0.15) is 16.8 Å². The number of carboxylic acid groups (broad SMARTS) is 1. The van der Waals surface area contributed by atoms with E-state index in [1.165, 1.54) is 12.1 Å². The number of primary amides is 1. The molecular weight excluding hydrogens is 323 g/mol. The number of carbonyl (C=O) groups is 3. The zero-order chi connectivity index (χ0) is 14.6. The third-order valence-electron chi connectivity index (χ3n) is 2.19. The van der Waals surface area contributed by atoms with Gasteiger partial charge in [-0.2, -0.15) is 0 Å². The lowest BCUT2D eigenvalue weighted by molar-refractivity contribution is -0.140. The first kappa shape index (κ1) is 15.1. The molecule has 0 aliphatic heterocycles. The van der Waals surface area contributed by atoms with Crippen LogP contribution in [0.25, 0.3) is 0 Å². The third kappa shape index (κ3) is 4.32. The maximum atomic E-state index is 13.0. The molecule has 0 aromatic heterocycles. The summed E-state index contributed by atoms with van der Waals surface area (Å²) in [4.78, 5) is 33.2. The number of halogens is 2. The quantitative estimate of drug-likeness (QED) is 0.735. The Bertz CT molecular complexity index is 535. The molecule has 0 unspecified atom stereocenters. The van der Waals surface area contributed by atoms with Gasteiger partial charge in [-0.15, -0.1) is 0 Å². The van der Waals surface area contributed by atoms with E-state index in [0.29, 0.717) is 0 Å². The Labute approximate surface area is 115 Å². The van der Waals surface area contributed by atoms with E-state index in [2.05, 4.69) is 21.2 Å². The summed E-state index contributed by atoms with van der Waals surface area (Å²) in [5.74, 6) is -3.53. The molecule has 6 nitrogen and oxygen atoms in total. The van der Waals surface area contributed by atoms with Crippen LogP contribution in [0, 0.1) is 5.82 Å². The first-order valence-corrected chi connectivity index (χ1v) is 5.87. The number of benzene rings is 1. The van der Waals surface area contributed by atoms with Gasteiger partial charge in [-0.1, -0.05) is 0 Å². The van der Waals surface area contributed by atoms with E-state index in [1.54, 1.807) is 0 Å². The van der Waals surface area contributed by atoms with Gasteiger partial charge >= 0.3 is 5.97 Å². The van der Waals surface area contributed by atoms with Gasteiger partial charge in [0.25, 0.3) is 5.91 Å². The van der Waals surface area contributed by atoms with Gasteiger partial charge in [0.15, 0.2) is 0 Å². The molecule has 0 aliphatic rings. The van der Waals surface area contributed by atoms with E-state index in [-0.39, 0.29) is 10.0 Å². The van der Waals surface area contributed by atoms with Crippen LogP contribution >= 0.6 is 15.9 Å². The van der Waals surface area contributed by atoms with E-state index in [0.717, 1.165) is 6.07 Å². The SMILES string of the molecule is NC(=O)C[C@@H](NC(=O)c1ccc(F)c(Br)c1)C(=O)O. The predicted octanol–water partition coefficient (Wildman–Crippen LogP) is 0.647. The van der Waals surface area contributed by atoms with Crippen LogP contribution in [0.15, 0.2) is 22.7 Å². The summed E-state index contributed by atoms with van der Waals surface area (Å²) in [5.41, 5.74) is 4.94. The van der Waals surface area contributed by atoms with E-state index >= 15 is 0 Å². The molecule has 8 heteroatoms. The van der Waals surface area contributed by atoms with Gasteiger partial charge in [-0.05, 0) is 34.1 Å². The van der Waals surface area contributed by atoms with Crippen molar-refractivity contribution in [1.82, 2.24) is 5.32 Å². The number of hydrogen-bond acceptors (Lipinski definition) is 3. The molecule has 0 saturated heterocycles. The van der Waals surface area contributed by atoms with Crippen LogP contribution in [0.4, 0.5) is 4.39 Å². The molecule has 0 aliphatic carbocycles. The van der Waals surface area contributed by atoms with Crippen molar-refractivity contribution in [2.24, 2.45) is 5.73 Å².